The summed E-state index contributed by atoms with van der Waals surface area (Å²) < 4.78 is 55.9. The second-order valence-corrected chi connectivity index (χ2v) is 12.9. The van der Waals surface area contributed by atoms with E-state index in [0.29, 0.717) is 6.42 Å². The average Bonchev–Trinajstić information content (AvgIpc) is 3.13. The molecule has 5 N–H and O–H groups in total. The number of cyclic esters (lactones) is 1. The number of benzene rings is 1. The summed E-state index contributed by atoms with van der Waals surface area (Å²) in [7, 11) is 0. The van der Waals surface area contributed by atoms with E-state index < -0.39 is 140 Å². The van der Waals surface area contributed by atoms with Gasteiger partial charge in [0.1, 0.15) is 42.7 Å². The van der Waals surface area contributed by atoms with Crippen molar-refractivity contribution in [3.8, 4) is 11.5 Å². The third-order valence-electron chi connectivity index (χ3n) is 9.15. The summed E-state index contributed by atoms with van der Waals surface area (Å²) in [6, 6.07) is 3.52. The largest absolute Gasteiger partial charge is 0.504 e. The molecule has 0 saturated carbocycles. The Morgan fingerprint density at radius 2 is 1.56 bits per heavy atom. The highest BCUT2D eigenvalue weighted by atomic mass is 16.8. The predicted molar refractivity (Wildman–Crippen MR) is 175 cm³/mol. The van der Waals surface area contributed by atoms with Gasteiger partial charge >= 0.3 is 29.8 Å². The van der Waals surface area contributed by atoms with Gasteiger partial charge in [-0.05, 0) is 18.6 Å². The lowest BCUT2D eigenvalue weighted by Gasteiger charge is -2.46. The summed E-state index contributed by atoms with van der Waals surface area (Å²) >= 11 is 0. The molecule has 4 aliphatic rings. The van der Waals surface area contributed by atoms with Crippen molar-refractivity contribution < 1.29 is 96.9 Å². The first-order chi connectivity index (χ1) is 26.1. The van der Waals surface area contributed by atoms with Gasteiger partial charge in [-0.2, -0.15) is 0 Å². The first-order valence-electron chi connectivity index (χ1n) is 17.1. The first-order valence-corrected chi connectivity index (χ1v) is 17.1. The summed E-state index contributed by atoms with van der Waals surface area (Å²) in [5.41, 5.74) is -0.309. The zero-order valence-corrected chi connectivity index (χ0v) is 29.8. The van der Waals surface area contributed by atoms with Crippen molar-refractivity contribution in [2.24, 2.45) is 11.8 Å². The molecule has 0 spiro atoms. The van der Waals surface area contributed by atoms with Crippen LogP contribution in [0.15, 0.2) is 42.7 Å². The molecule has 0 radical (unpaired) electrons. The van der Waals surface area contributed by atoms with Crippen molar-refractivity contribution >= 4 is 29.8 Å². The quantitative estimate of drug-likeness (QED) is 0.0953. The maximum Gasteiger partial charge on any atom is 0.342 e. The SMILES string of the molecule is C=CC1C(OC2OC(COC(C)=O)C(OC(=O)c3cccc(OC4OC(CO)C(O)C(O)C4O)c3O)C(OC(C)=O)C2OC(C)=O)OC=C2C(=O)OCCC21. The molecule has 1 aromatic rings. The molecule has 13 atom stereocenters. The molecule has 1 aromatic carbocycles. The maximum absolute atomic E-state index is 13.8. The number of hydrogen-bond acceptors (Lipinski definition) is 20. The van der Waals surface area contributed by atoms with Crippen LogP contribution in [0.2, 0.25) is 0 Å². The minimum atomic E-state index is -1.86. The molecule has 3 fully saturated rings. The van der Waals surface area contributed by atoms with Crippen molar-refractivity contribution in [3.05, 3.63) is 48.3 Å². The molecular weight excluding hydrogens is 740 g/mol. The second-order valence-electron chi connectivity index (χ2n) is 12.9. The van der Waals surface area contributed by atoms with Crippen LogP contribution >= 0.6 is 0 Å². The van der Waals surface area contributed by atoms with E-state index in [2.05, 4.69) is 6.58 Å². The normalized spacial score (nSPS) is 34.3. The summed E-state index contributed by atoms with van der Waals surface area (Å²) in [6.45, 7) is 5.72. The van der Waals surface area contributed by atoms with Crippen molar-refractivity contribution in [2.75, 3.05) is 19.8 Å². The third kappa shape index (κ3) is 9.18. The third-order valence-corrected chi connectivity index (χ3v) is 9.15. The van der Waals surface area contributed by atoms with E-state index in [4.69, 9.17) is 47.4 Å². The number of aliphatic hydroxyl groups is 4. The Labute approximate surface area is 313 Å². The topological polar surface area (TPSA) is 279 Å². The van der Waals surface area contributed by atoms with Crippen LogP contribution in [0.5, 0.6) is 11.5 Å². The monoisotopic (exact) mass is 782 g/mol. The van der Waals surface area contributed by atoms with E-state index >= 15 is 0 Å². The Kier molecular flexibility index (Phi) is 13.3. The number of aromatic hydroxyl groups is 1. The zero-order chi connectivity index (χ0) is 40.1. The smallest absolute Gasteiger partial charge is 0.342 e. The summed E-state index contributed by atoms with van der Waals surface area (Å²) in [6.07, 6.45) is -14.8. The molecule has 20 nitrogen and oxygen atoms in total. The maximum atomic E-state index is 13.8. The number of rotatable bonds is 12. The second kappa shape index (κ2) is 17.8. The van der Waals surface area contributed by atoms with E-state index in [1.165, 1.54) is 24.5 Å². The number of phenolic OH excluding ortho intramolecular Hbond substituents is 1. The Morgan fingerprint density at radius 1 is 0.873 bits per heavy atom. The van der Waals surface area contributed by atoms with Gasteiger partial charge in [-0.1, -0.05) is 12.1 Å². The molecule has 55 heavy (non-hydrogen) atoms. The highest BCUT2D eigenvalue weighted by molar-refractivity contribution is 5.93. The molecule has 0 aliphatic carbocycles. The van der Waals surface area contributed by atoms with Gasteiger partial charge < -0.3 is 72.9 Å². The number of esters is 5. The number of carbonyl (C=O) groups excluding carboxylic acids is 5. The van der Waals surface area contributed by atoms with Gasteiger partial charge in [-0.25, -0.2) is 9.59 Å². The summed E-state index contributed by atoms with van der Waals surface area (Å²) in [5, 5.41) is 51.2. The molecule has 4 heterocycles. The number of fused-ring (bicyclic) bond motifs is 1. The molecular formula is C35H42O20. The molecule has 0 aromatic heterocycles. The summed E-state index contributed by atoms with van der Waals surface area (Å²) in [5.74, 6) is -6.90. The van der Waals surface area contributed by atoms with Crippen molar-refractivity contribution in [1.29, 1.82) is 0 Å². The van der Waals surface area contributed by atoms with Crippen LogP contribution in [-0.4, -0.2) is 143 Å². The van der Waals surface area contributed by atoms with Gasteiger partial charge in [-0.3, -0.25) is 14.4 Å². The Bertz CT molecular complexity index is 1640. The lowest BCUT2D eigenvalue weighted by molar-refractivity contribution is -0.341. The molecule has 13 unspecified atom stereocenters. The van der Waals surface area contributed by atoms with Gasteiger partial charge in [0.15, 0.2) is 29.8 Å². The number of hydrogen-bond donors (Lipinski definition) is 5. The zero-order valence-electron chi connectivity index (χ0n) is 29.8. The molecule has 0 bridgehead atoms. The van der Waals surface area contributed by atoms with Gasteiger partial charge in [0.25, 0.3) is 0 Å². The highest BCUT2D eigenvalue weighted by Gasteiger charge is 2.55. The van der Waals surface area contributed by atoms with Crippen LogP contribution in [0, 0.1) is 11.8 Å². The van der Waals surface area contributed by atoms with E-state index in [0.717, 1.165) is 26.8 Å². The number of aliphatic hydroxyl groups excluding tert-OH is 4. The molecule has 20 heteroatoms. The molecule has 302 valence electrons. The average molecular weight is 783 g/mol. The van der Waals surface area contributed by atoms with Crippen LogP contribution in [0.3, 0.4) is 0 Å². The van der Waals surface area contributed by atoms with Crippen molar-refractivity contribution in [2.45, 2.75) is 94.9 Å². The Hall–Kier alpha value is -4.83. The molecule has 5 rings (SSSR count). The van der Waals surface area contributed by atoms with Crippen molar-refractivity contribution in [3.63, 3.8) is 0 Å². The van der Waals surface area contributed by atoms with Gasteiger partial charge in [-0.15, -0.1) is 6.58 Å². The van der Waals surface area contributed by atoms with Crippen LogP contribution in [0.4, 0.5) is 0 Å². The Balaban J connectivity index is 1.45. The van der Waals surface area contributed by atoms with Crippen LogP contribution in [0.1, 0.15) is 37.6 Å². The highest BCUT2D eigenvalue weighted by Crippen LogP contribution is 2.40. The molecule has 4 aliphatic heterocycles. The predicted octanol–water partition coefficient (Wildman–Crippen LogP) is -1.13. The van der Waals surface area contributed by atoms with Gasteiger partial charge in [0.05, 0.1) is 25.0 Å². The molecule has 3 saturated heterocycles. The van der Waals surface area contributed by atoms with E-state index in [1.807, 2.05) is 0 Å². The number of carbonyl (C=O) groups is 5. The van der Waals surface area contributed by atoms with E-state index in [9.17, 15) is 49.5 Å². The number of phenols is 1. The summed E-state index contributed by atoms with van der Waals surface area (Å²) in [4.78, 5) is 63.0. The lowest BCUT2D eigenvalue weighted by Crippen LogP contribution is -2.63. The first kappa shape index (κ1) is 41.3. The number of para-hydroxylation sites is 1. The Morgan fingerprint density at radius 3 is 2.22 bits per heavy atom. The minimum Gasteiger partial charge on any atom is -0.504 e. The fourth-order valence-electron chi connectivity index (χ4n) is 6.52. The number of ether oxygens (including phenoxy) is 10. The van der Waals surface area contributed by atoms with E-state index in [-0.39, 0.29) is 12.2 Å². The standard InChI is InChI=1S/C35H42O20/c1-5-17-18-9-10-46-31(44)20(18)12-48-33(17)55-35-30(50-16(4)39)29(49-15(3)38)28(23(53-35)13-47-14(2)37)54-32(45)19-7-6-8-21(24(19)40)51-34-27(43)26(42)25(41)22(11-36)52-34/h5-8,12,17-18,22-23,25-30,33-36,40-43H,1,9-11,13H2,2-4H3. The van der Waals surface area contributed by atoms with Crippen molar-refractivity contribution in [1.82, 2.24) is 0 Å². The van der Waals surface area contributed by atoms with Crippen LogP contribution < -0.4 is 4.74 Å². The van der Waals surface area contributed by atoms with Gasteiger partial charge in [0.2, 0.25) is 18.9 Å². The fraction of sp³-hybridized carbons (Fsp3) is 0.571. The van der Waals surface area contributed by atoms with E-state index in [1.54, 1.807) is 0 Å². The minimum absolute atomic E-state index is 0.123. The van der Waals surface area contributed by atoms with Gasteiger partial charge in [0, 0.05) is 32.6 Å². The van der Waals surface area contributed by atoms with Crippen LogP contribution in [0.25, 0.3) is 0 Å². The molecule has 0 amide bonds. The fourth-order valence-corrected chi connectivity index (χ4v) is 6.52. The van der Waals surface area contributed by atoms with Crippen LogP contribution in [-0.2, 0) is 61.8 Å². The lowest BCUT2D eigenvalue weighted by atomic mass is 9.81.